The smallest absolute Gasteiger partial charge is 0.341 e. The van der Waals surface area contributed by atoms with Gasteiger partial charge in [0, 0.05) is 5.56 Å². The maximum absolute atomic E-state index is 13.3. The summed E-state index contributed by atoms with van der Waals surface area (Å²) in [6, 6.07) is 25.8. The zero-order valence-electron chi connectivity index (χ0n) is 16.3. The highest BCUT2D eigenvalue weighted by Crippen LogP contribution is 2.38. The Balaban J connectivity index is 1.73. The molecule has 0 saturated carbocycles. The molecule has 3 aromatic carbocycles. The van der Waals surface area contributed by atoms with Crippen LogP contribution in [0.1, 0.15) is 5.56 Å². The molecule has 6 nitrogen and oxygen atoms in total. The lowest BCUT2D eigenvalue weighted by Gasteiger charge is -2.15. The van der Waals surface area contributed by atoms with E-state index in [9.17, 15) is 9.59 Å². The number of amides is 1. The molecule has 31 heavy (non-hydrogen) atoms. The summed E-state index contributed by atoms with van der Waals surface area (Å²) in [6.45, 7) is -0.460. The minimum atomic E-state index is -1.07. The molecular weight excluding hydrogens is 412 g/mol. The van der Waals surface area contributed by atoms with Crippen LogP contribution in [0.2, 0.25) is 0 Å². The number of rotatable bonds is 6. The molecule has 1 aliphatic heterocycles. The van der Waals surface area contributed by atoms with Crippen molar-refractivity contribution >= 4 is 46.3 Å². The Labute approximate surface area is 183 Å². The number of ether oxygens (including phenoxy) is 1. The van der Waals surface area contributed by atoms with Crippen LogP contribution in [0.5, 0.6) is 5.75 Å². The van der Waals surface area contributed by atoms with E-state index in [0.29, 0.717) is 27.1 Å². The number of aliphatic imine (C=N–C) groups is 1. The van der Waals surface area contributed by atoms with E-state index in [1.807, 2.05) is 60.7 Å². The highest BCUT2D eigenvalue weighted by molar-refractivity contribution is 8.19. The van der Waals surface area contributed by atoms with Crippen molar-refractivity contribution in [2.75, 3.05) is 11.5 Å². The van der Waals surface area contributed by atoms with Crippen LogP contribution in [0.3, 0.4) is 0 Å². The molecule has 0 unspecified atom stereocenters. The summed E-state index contributed by atoms with van der Waals surface area (Å²) in [4.78, 5) is 30.9. The fraction of sp³-hybridized carbons (Fsp3) is 0.0417. The SMILES string of the molecule is O=C(O)COc1ccccc1/C=C1/SC(=Nc2ccccc2)N(c2ccccc2)C1=O. The first-order valence-corrected chi connectivity index (χ1v) is 10.3. The number of benzene rings is 3. The molecule has 1 N–H and O–H groups in total. The van der Waals surface area contributed by atoms with Crippen molar-refractivity contribution in [2.24, 2.45) is 4.99 Å². The zero-order valence-corrected chi connectivity index (χ0v) is 17.2. The fourth-order valence-electron chi connectivity index (χ4n) is 2.98. The van der Waals surface area contributed by atoms with Gasteiger partial charge in [0.25, 0.3) is 5.91 Å². The Morgan fingerprint density at radius 2 is 1.61 bits per heavy atom. The molecule has 1 heterocycles. The molecule has 0 spiro atoms. The molecule has 0 bridgehead atoms. The number of carboxylic acids is 1. The summed E-state index contributed by atoms with van der Waals surface area (Å²) >= 11 is 1.26. The lowest BCUT2D eigenvalue weighted by atomic mass is 10.2. The van der Waals surface area contributed by atoms with Crippen LogP contribution >= 0.6 is 11.8 Å². The van der Waals surface area contributed by atoms with Crippen LogP contribution in [0.15, 0.2) is 94.8 Å². The number of hydrogen-bond donors (Lipinski definition) is 1. The van der Waals surface area contributed by atoms with E-state index in [4.69, 9.17) is 9.84 Å². The molecule has 7 heteroatoms. The second-order valence-corrected chi connectivity index (χ2v) is 7.55. The Kier molecular flexibility index (Phi) is 6.14. The van der Waals surface area contributed by atoms with Crippen molar-refractivity contribution in [2.45, 2.75) is 0 Å². The second-order valence-electron chi connectivity index (χ2n) is 6.54. The number of nitrogens with zero attached hydrogens (tertiary/aromatic N) is 2. The van der Waals surface area contributed by atoms with Crippen molar-refractivity contribution in [1.82, 2.24) is 0 Å². The lowest BCUT2D eigenvalue weighted by Crippen LogP contribution is -2.28. The molecule has 1 aliphatic rings. The number of carboxylic acid groups (broad SMARTS) is 1. The first kappa shape index (κ1) is 20.4. The summed E-state index contributed by atoms with van der Waals surface area (Å²) in [5.41, 5.74) is 2.08. The number of carbonyl (C=O) groups is 2. The molecular formula is C24H18N2O4S. The van der Waals surface area contributed by atoms with Crippen molar-refractivity contribution in [3.05, 3.63) is 95.4 Å². The van der Waals surface area contributed by atoms with E-state index in [1.165, 1.54) is 11.8 Å². The molecule has 3 aromatic rings. The van der Waals surface area contributed by atoms with Crippen molar-refractivity contribution in [1.29, 1.82) is 0 Å². The minimum absolute atomic E-state index is 0.209. The van der Waals surface area contributed by atoms with E-state index < -0.39 is 12.6 Å². The third-order valence-corrected chi connectivity index (χ3v) is 5.33. The normalized spacial score (nSPS) is 16.1. The third kappa shape index (κ3) is 4.84. The van der Waals surface area contributed by atoms with Gasteiger partial charge in [0.1, 0.15) is 5.75 Å². The quantitative estimate of drug-likeness (QED) is 0.559. The molecule has 1 fully saturated rings. The highest BCUT2D eigenvalue weighted by atomic mass is 32.2. The number of aliphatic carboxylic acids is 1. The van der Waals surface area contributed by atoms with E-state index in [0.717, 1.165) is 5.69 Å². The summed E-state index contributed by atoms with van der Waals surface area (Å²) in [6.07, 6.45) is 1.70. The topological polar surface area (TPSA) is 79.2 Å². The van der Waals surface area contributed by atoms with Crippen LogP contribution in [0, 0.1) is 0 Å². The van der Waals surface area contributed by atoms with Crippen LogP contribution in [0.4, 0.5) is 11.4 Å². The van der Waals surface area contributed by atoms with Gasteiger partial charge in [-0.1, -0.05) is 54.6 Å². The Morgan fingerprint density at radius 1 is 0.968 bits per heavy atom. The number of anilines is 1. The molecule has 1 amide bonds. The summed E-state index contributed by atoms with van der Waals surface area (Å²) < 4.78 is 5.37. The van der Waals surface area contributed by atoms with Gasteiger partial charge in [-0.2, -0.15) is 0 Å². The van der Waals surface area contributed by atoms with Gasteiger partial charge in [-0.05, 0) is 48.2 Å². The zero-order chi connectivity index (χ0) is 21.6. The third-order valence-electron chi connectivity index (χ3n) is 4.36. The molecule has 0 atom stereocenters. The maximum atomic E-state index is 13.3. The van der Waals surface area contributed by atoms with Gasteiger partial charge in [0.15, 0.2) is 11.8 Å². The average molecular weight is 430 g/mol. The first-order chi connectivity index (χ1) is 15.1. The van der Waals surface area contributed by atoms with Crippen molar-refractivity contribution < 1.29 is 19.4 Å². The van der Waals surface area contributed by atoms with E-state index >= 15 is 0 Å². The number of amidine groups is 1. The van der Waals surface area contributed by atoms with Crippen LogP contribution in [0.25, 0.3) is 6.08 Å². The predicted molar refractivity (Wildman–Crippen MR) is 123 cm³/mol. The standard InChI is InChI=1S/C24H18N2O4S/c27-22(28)16-30-20-14-8-7-9-17(20)15-21-23(29)26(19-12-5-2-6-13-19)24(31-21)25-18-10-3-1-4-11-18/h1-15H,16H2,(H,27,28)/b21-15+,25-24?. The van der Waals surface area contributed by atoms with E-state index in [2.05, 4.69) is 4.99 Å². The minimum Gasteiger partial charge on any atom is -0.481 e. The summed E-state index contributed by atoms with van der Waals surface area (Å²) in [7, 11) is 0. The highest BCUT2D eigenvalue weighted by Gasteiger charge is 2.34. The number of carbonyl (C=O) groups excluding carboxylic acids is 1. The number of hydrogen-bond acceptors (Lipinski definition) is 5. The number of thioether (sulfide) groups is 1. The molecule has 0 aliphatic carbocycles. The van der Waals surface area contributed by atoms with Gasteiger partial charge >= 0.3 is 5.97 Å². The van der Waals surface area contributed by atoms with Gasteiger partial charge in [-0.15, -0.1) is 0 Å². The first-order valence-electron chi connectivity index (χ1n) is 9.48. The largest absolute Gasteiger partial charge is 0.481 e. The van der Waals surface area contributed by atoms with Crippen LogP contribution in [-0.2, 0) is 9.59 Å². The molecule has 4 rings (SSSR count). The summed E-state index contributed by atoms with van der Waals surface area (Å²) in [5, 5.41) is 9.45. The van der Waals surface area contributed by atoms with Crippen LogP contribution in [-0.4, -0.2) is 28.8 Å². The number of para-hydroxylation sites is 3. The monoisotopic (exact) mass is 430 g/mol. The Morgan fingerprint density at radius 3 is 2.32 bits per heavy atom. The maximum Gasteiger partial charge on any atom is 0.341 e. The van der Waals surface area contributed by atoms with Gasteiger partial charge in [0.2, 0.25) is 0 Å². The van der Waals surface area contributed by atoms with Crippen molar-refractivity contribution in [3.63, 3.8) is 0 Å². The summed E-state index contributed by atoms with van der Waals surface area (Å²) in [5.74, 6) is -0.884. The average Bonchev–Trinajstić information content (AvgIpc) is 3.09. The Hall–Kier alpha value is -3.84. The van der Waals surface area contributed by atoms with Gasteiger partial charge in [-0.3, -0.25) is 9.69 Å². The van der Waals surface area contributed by atoms with E-state index in [1.54, 1.807) is 35.2 Å². The van der Waals surface area contributed by atoms with E-state index in [-0.39, 0.29) is 5.91 Å². The molecule has 1 saturated heterocycles. The van der Waals surface area contributed by atoms with Gasteiger partial charge < -0.3 is 9.84 Å². The van der Waals surface area contributed by atoms with Gasteiger partial charge in [0.05, 0.1) is 16.3 Å². The molecule has 0 aromatic heterocycles. The van der Waals surface area contributed by atoms with Crippen molar-refractivity contribution in [3.8, 4) is 5.75 Å². The molecule has 154 valence electrons. The lowest BCUT2D eigenvalue weighted by molar-refractivity contribution is -0.139. The Bertz CT molecular complexity index is 1160. The predicted octanol–water partition coefficient (Wildman–Crippen LogP) is 4.96. The second kappa shape index (κ2) is 9.32. The fourth-order valence-corrected chi connectivity index (χ4v) is 3.97. The van der Waals surface area contributed by atoms with Gasteiger partial charge in [-0.25, -0.2) is 9.79 Å². The molecule has 0 radical (unpaired) electrons. The van der Waals surface area contributed by atoms with Crippen LogP contribution < -0.4 is 9.64 Å².